The van der Waals surface area contributed by atoms with Gasteiger partial charge < -0.3 is 32.8 Å². The van der Waals surface area contributed by atoms with Crippen molar-refractivity contribution in [2.45, 2.75) is 39.1 Å². The van der Waals surface area contributed by atoms with E-state index < -0.39 is 130 Å². The van der Waals surface area contributed by atoms with Crippen molar-refractivity contribution < 1.29 is 77.2 Å². The van der Waals surface area contributed by atoms with E-state index in [4.69, 9.17) is 34.2 Å². The molecule has 4 aromatic heterocycles. The van der Waals surface area contributed by atoms with Gasteiger partial charge in [0.05, 0.1) is 70.0 Å². The number of nitrogens with zero attached hydrogens (tertiary/aromatic N) is 8. The molecule has 0 aliphatic rings. The van der Waals surface area contributed by atoms with Crippen LogP contribution in [-0.4, -0.2) is 68.4 Å². The van der Waals surface area contributed by atoms with Gasteiger partial charge in [-0.15, -0.1) is 0 Å². The smallest absolute Gasteiger partial charge is 0.349 e. The van der Waals surface area contributed by atoms with Crippen LogP contribution in [0, 0.1) is 80.8 Å². The average molecular weight is 1200 g/mol. The number of rotatable bonds is 20. The van der Waals surface area contributed by atoms with E-state index in [9.17, 15) is 27.2 Å². The number of hydrogen-bond donors (Lipinski definition) is 0. The first-order valence-corrected chi connectivity index (χ1v) is 25.9. The highest BCUT2D eigenvalue weighted by molar-refractivity contribution is 6.05. The molecule has 0 aliphatic heterocycles. The number of methoxy groups -OCH3 is 2. The van der Waals surface area contributed by atoms with Gasteiger partial charge in [-0.25, -0.2) is 73.4 Å². The molecule has 0 amide bonds. The van der Waals surface area contributed by atoms with E-state index >= 15 is 26.3 Å². The number of imidazole rings is 2. The quantitative estimate of drug-likeness (QED) is 0.0398. The standard InChI is InChI=1S/C62H40F10N8O7/c1-83-17-15-79-53(23-35-21-47(69)39(25-45(35)67)49-13-9-41(63)59(77-49)85-29-33-5-3-31(27-73)19-43(33)65)75-51-11-7-37(55(71)57(51)79)61(81)87-62(82)38-8-12-52-58(56(38)72)80(16-18-84-2)54(76-52)24-36-22-48(70)40(26-46(36)68)50-14-10-42(64)60(78-50)86-30-34-6-4-32(28-74)20-44(34)66/h3-14,19-22,25-26H,15-18,23-24,29-30H2,1-2H3. The van der Waals surface area contributed by atoms with Crippen LogP contribution in [0.2, 0.25) is 0 Å². The van der Waals surface area contributed by atoms with Gasteiger partial charge in [-0.2, -0.15) is 10.5 Å². The van der Waals surface area contributed by atoms with E-state index in [2.05, 4.69) is 19.9 Å². The number of fused-ring (bicyclic) bond motifs is 2. The fraction of sp³-hybridized carbons (Fsp3) is 0.161. The topological polar surface area (TPSA) is 189 Å². The van der Waals surface area contributed by atoms with E-state index in [0.717, 1.165) is 72.8 Å². The molecule has 0 unspecified atom stereocenters. The molecule has 0 bridgehead atoms. The van der Waals surface area contributed by atoms with Gasteiger partial charge in [0.25, 0.3) is 11.8 Å². The second-order valence-corrected chi connectivity index (χ2v) is 19.2. The van der Waals surface area contributed by atoms with Crippen molar-refractivity contribution >= 4 is 34.0 Å². The summed E-state index contributed by atoms with van der Waals surface area (Å²) in [6.45, 7) is -1.50. The Kier molecular flexibility index (Phi) is 17.4. The maximum absolute atomic E-state index is 16.7. The van der Waals surface area contributed by atoms with Crippen LogP contribution in [0.15, 0.2) is 109 Å². The Morgan fingerprint density at radius 3 is 1.24 bits per heavy atom. The van der Waals surface area contributed by atoms with Gasteiger partial charge in [0.2, 0.25) is 0 Å². The molecule has 0 saturated heterocycles. The lowest BCUT2D eigenvalue weighted by Gasteiger charge is -2.13. The predicted octanol–water partition coefficient (Wildman–Crippen LogP) is 12.3. The summed E-state index contributed by atoms with van der Waals surface area (Å²) in [4.78, 5) is 44.1. The first-order valence-electron chi connectivity index (χ1n) is 25.9. The Bertz CT molecular complexity index is 4210. The number of nitriles is 2. The van der Waals surface area contributed by atoms with Crippen LogP contribution in [0.25, 0.3) is 44.6 Å². The van der Waals surface area contributed by atoms with Crippen LogP contribution in [-0.2, 0) is 53.4 Å². The molecule has 0 N–H and O–H groups in total. The maximum Gasteiger partial charge on any atom is 0.349 e. The summed E-state index contributed by atoms with van der Waals surface area (Å²) in [7, 11) is 2.67. The summed E-state index contributed by atoms with van der Waals surface area (Å²) in [6, 6.07) is 22.1. The SMILES string of the molecule is COCCn1c(Cc2cc(F)c(-c3ccc(F)c(OCc4ccc(C#N)cc4F)n3)cc2F)nc2ccc(C(=O)OC(=O)c3ccc4nc(Cc5cc(F)c(-c6ccc(F)c(OCc7ccc(C#N)cc7F)n6)cc5F)n(CCOC)c4c3F)c(F)c21. The van der Waals surface area contributed by atoms with Crippen LogP contribution in [0.1, 0.15) is 65.7 Å². The molecule has 0 spiro atoms. The molecule has 440 valence electrons. The molecule has 6 aromatic carbocycles. The molecule has 4 heterocycles. The van der Waals surface area contributed by atoms with Crippen LogP contribution in [0.5, 0.6) is 11.8 Å². The third-order valence-corrected chi connectivity index (χ3v) is 13.8. The number of pyridine rings is 2. The summed E-state index contributed by atoms with van der Waals surface area (Å²) < 4.78 is 184. The number of hydrogen-bond acceptors (Lipinski definition) is 13. The molecule has 0 aliphatic carbocycles. The summed E-state index contributed by atoms with van der Waals surface area (Å²) >= 11 is 0. The zero-order valence-electron chi connectivity index (χ0n) is 45.3. The third kappa shape index (κ3) is 12.4. The monoisotopic (exact) mass is 1200 g/mol. The number of benzene rings is 6. The summed E-state index contributed by atoms with van der Waals surface area (Å²) in [5.41, 5.74) is -4.32. The van der Waals surface area contributed by atoms with Crippen molar-refractivity contribution in [3.63, 3.8) is 0 Å². The second kappa shape index (κ2) is 25.4. The fourth-order valence-electron chi connectivity index (χ4n) is 9.38. The van der Waals surface area contributed by atoms with Crippen LogP contribution in [0.3, 0.4) is 0 Å². The molecule has 87 heavy (non-hydrogen) atoms. The van der Waals surface area contributed by atoms with Crippen molar-refractivity contribution in [3.05, 3.63) is 224 Å². The Labute approximate surface area is 485 Å². The summed E-state index contributed by atoms with van der Waals surface area (Å²) in [5, 5.41) is 18.0. The molecule has 0 saturated carbocycles. The first-order chi connectivity index (χ1) is 41.9. The Morgan fingerprint density at radius 1 is 0.460 bits per heavy atom. The number of halogens is 10. The zero-order chi connectivity index (χ0) is 61.8. The third-order valence-electron chi connectivity index (χ3n) is 13.8. The van der Waals surface area contributed by atoms with Gasteiger partial charge >= 0.3 is 11.9 Å². The summed E-state index contributed by atoms with van der Waals surface area (Å²) in [5.74, 6) is -14.7. The van der Waals surface area contributed by atoms with Gasteiger partial charge in [-0.1, -0.05) is 12.1 Å². The van der Waals surface area contributed by atoms with E-state index in [0.29, 0.717) is 0 Å². The van der Waals surface area contributed by atoms with Crippen LogP contribution in [0.4, 0.5) is 43.9 Å². The largest absolute Gasteiger partial charge is 0.471 e. The van der Waals surface area contributed by atoms with Gasteiger partial charge in [0.15, 0.2) is 23.3 Å². The highest BCUT2D eigenvalue weighted by atomic mass is 19.2. The van der Waals surface area contributed by atoms with Crippen molar-refractivity contribution in [3.8, 4) is 46.4 Å². The maximum atomic E-state index is 16.7. The van der Waals surface area contributed by atoms with Gasteiger partial charge in [0, 0.05) is 62.4 Å². The normalized spacial score (nSPS) is 11.3. The Hall–Kier alpha value is -10.5. The van der Waals surface area contributed by atoms with Crippen molar-refractivity contribution in [1.82, 2.24) is 29.1 Å². The van der Waals surface area contributed by atoms with E-state index in [-0.39, 0.29) is 105 Å². The lowest BCUT2D eigenvalue weighted by Crippen LogP contribution is -2.17. The number of carbonyl (C=O) groups excluding carboxylic acids is 2. The van der Waals surface area contributed by atoms with E-state index in [1.54, 1.807) is 12.1 Å². The molecule has 0 radical (unpaired) electrons. The van der Waals surface area contributed by atoms with Gasteiger partial charge in [-0.05, 0) is 108 Å². The lowest BCUT2D eigenvalue weighted by atomic mass is 10.0. The number of ether oxygens (including phenoxy) is 5. The second-order valence-electron chi connectivity index (χ2n) is 19.2. The molecular weight excluding hydrogens is 1160 g/mol. The number of esters is 2. The molecule has 15 nitrogen and oxygen atoms in total. The minimum atomic E-state index is -1.57. The minimum Gasteiger partial charge on any atom is -0.471 e. The number of aromatic nitrogens is 6. The molecule has 25 heteroatoms. The molecule has 0 atom stereocenters. The van der Waals surface area contributed by atoms with E-state index in [1.165, 1.54) is 59.8 Å². The first kappa shape index (κ1) is 59.7. The molecular formula is C62H40F10N8O7. The highest BCUT2D eigenvalue weighted by Gasteiger charge is 2.29. The minimum absolute atomic E-state index is 0.0372. The van der Waals surface area contributed by atoms with Crippen molar-refractivity contribution in [1.29, 1.82) is 10.5 Å². The van der Waals surface area contributed by atoms with Gasteiger partial charge in [-0.3, -0.25) is 0 Å². The highest BCUT2D eigenvalue weighted by Crippen LogP contribution is 2.34. The predicted molar refractivity (Wildman–Crippen MR) is 288 cm³/mol. The average Bonchev–Trinajstić information content (AvgIpc) is 2.08. The van der Waals surface area contributed by atoms with Gasteiger partial charge in [0.1, 0.15) is 70.8 Å². The van der Waals surface area contributed by atoms with Crippen molar-refractivity contribution in [2.24, 2.45) is 0 Å². The number of carbonyl (C=O) groups is 2. The lowest BCUT2D eigenvalue weighted by molar-refractivity contribution is 0.0392. The zero-order valence-corrected chi connectivity index (χ0v) is 45.3. The summed E-state index contributed by atoms with van der Waals surface area (Å²) in [6.07, 6.45) is -0.934. The van der Waals surface area contributed by atoms with E-state index in [1.807, 2.05) is 0 Å². The molecule has 0 fully saturated rings. The molecule has 10 rings (SSSR count). The van der Waals surface area contributed by atoms with Crippen LogP contribution >= 0.6 is 0 Å². The Morgan fingerprint density at radius 2 is 0.862 bits per heavy atom. The fourth-order valence-corrected chi connectivity index (χ4v) is 9.38. The van der Waals surface area contributed by atoms with Crippen LogP contribution < -0.4 is 9.47 Å². The molecule has 10 aromatic rings. The Balaban J connectivity index is 0.869. The van der Waals surface area contributed by atoms with Crippen molar-refractivity contribution in [2.75, 3.05) is 27.4 Å².